The molecule has 0 aromatic heterocycles. The van der Waals surface area contributed by atoms with Crippen LogP contribution >= 0.6 is 11.8 Å². The third-order valence-corrected chi connectivity index (χ3v) is 6.18. The molecule has 1 amide bonds. The SMILES string of the molecule is CCOc1cc(C=C2SC(=Nc3cccc(C(=O)O)c3)N(C)C2=O)ccc1OCc1ccccc1. The third-order valence-electron chi connectivity index (χ3n) is 5.12. The van der Waals surface area contributed by atoms with Crippen LogP contribution in [0.15, 0.2) is 82.7 Å². The summed E-state index contributed by atoms with van der Waals surface area (Å²) in [6, 6.07) is 21.7. The van der Waals surface area contributed by atoms with E-state index in [1.807, 2.05) is 55.5 Å². The molecule has 7 nitrogen and oxygen atoms in total. The number of hydrogen-bond donors (Lipinski definition) is 1. The van der Waals surface area contributed by atoms with Gasteiger partial charge in [0.25, 0.3) is 5.91 Å². The van der Waals surface area contributed by atoms with Gasteiger partial charge in [-0.3, -0.25) is 9.69 Å². The fourth-order valence-corrected chi connectivity index (χ4v) is 4.35. The molecule has 4 rings (SSSR count). The van der Waals surface area contributed by atoms with Crippen molar-refractivity contribution >= 4 is 40.6 Å². The summed E-state index contributed by atoms with van der Waals surface area (Å²) in [5.41, 5.74) is 2.45. The summed E-state index contributed by atoms with van der Waals surface area (Å²) in [5.74, 6) is 0.00448. The van der Waals surface area contributed by atoms with E-state index in [-0.39, 0.29) is 11.5 Å². The molecule has 0 aliphatic carbocycles. The minimum absolute atomic E-state index is 0.137. The van der Waals surface area contributed by atoms with Crippen LogP contribution in [0.2, 0.25) is 0 Å². The lowest BCUT2D eigenvalue weighted by Crippen LogP contribution is -2.23. The van der Waals surface area contributed by atoms with Crippen molar-refractivity contribution < 1.29 is 24.2 Å². The maximum absolute atomic E-state index is 12.8. The van der Waals surface area contributed by atoms with Crippen LogP contribution in [0, 0.1) is 0 Å². The first kappa shape index (κ1) is 24.1. The van der Waals surface area contributed by atoms with Crippen molar-refractivity contribution in [2.75, 3.05) is 13.7 Å². The van der Waals surface area contributed by atoms with Gasteiger partial charge in [-0.05, 0) is 66.2 Å². The third kappa shape index (κ3) is 5.91. The Hall–Kier alpha value is -4.04. The Kier molecular flexibility index (Phi) is 7.52. The predicted molar refractivity (Wildman–Crippen MR) is 137 cm³/mol. The zero-order valence-electron chi connectivity index (χ0n) is 19.3. The molecule has 35 heavy (non-hydrogen) atoms. The first-order chi connectivity index (χ1) is 16.9. The number of benzene rings is 3. The predicted octanol–water partition coefficient (Wildman–Crippen LogP) is 5.60. The molecule has 1 aliphatic rings. The van der Waals surface area contributed by atoms with Crippen molar-refractivity contribution in [3.05, 3.63) is 94.4 Å². The van der Waals surface area contributed by atoms with Gasteiger partial charge in [0.15, 0.2) is 16.7 Å². The van der Waals surface area contributed by atoms with Crippen LogP contribution in [-0.2, 0) is 11.4 Å². The van der Waals surface area contributed by atoms with Gasteiger partial charge >= 0.3 is 5.97 Å². The fraction of sp³-hybridized carbons (Fsp3) is 0.148. The van der Waals surface area contributed by atoms with E-state index in [0.717, 1.165) is 11.1 Å². The lowest BCUT2D eigenvalue weighted by molar-refractivity contribution is -0.121. The summed E-state index contributed by atoms with van der Waals surface area (Å²) in [7, 11) is 1.64. The quantitative estimate of drug-likeness (QED) is 0.416. The molecule has 0 unspecified atom stereocenters. The lowest BCUT2D eigenvalue weighted by Gasteiger charge is -2.13. The number of aliphatic imine (C=N–C) groups is 1. The number of likely N-dealkylation sites (N-methyl/N-ethyl adjacent to an activating group) is 1. The maximum atomic E-state index is 12.8. The summed E-state index contributed by atoms with van der Waals surface area (Å²) in [4.78, 5) is 30.5. The van der Waals surface area contributed by atoms with E-state index in [1.54, 1.807) is 25.3 Å². The summed E-state index contributed by atoms with van der Waals surface area (Å²) in [6.45, 7) is 2.80. The van der Waals surface area contributed by atoms with Gasteiger partial charge in [-0.15, -0.1) is 0 Å². The smallest absolute Gasteiger partial charge is 0.335 e. The Morgan fingerprint density at radius 1 is 1.03 bits per heavy atom. The number of nitrogens with zero attached hydrogens (tertiary/aromatic N) is 2. The van der Waals surface area contributed by atoms with E-state index in [1.165, 1.54) is 28.8 Å². The Balaban J connectivity index is 1.55. The number of aromatic carboxylic acids is 1. The Morgan fingerprint density at radius 3 is 2.57 bits per heavy atom. The molecule has 1 heterocycles. The largest absolute Gasteiger partial charge is 0.490 e. The minimum Gasteiger partial charge on any atom is -0.490 e. The number of hydrogen-bond acceptors (Lipinski definition) is 6. The van der Waals surface area contributed by atoms with Crippen LogP contribution in [-0.4, -0.2) is 40.7 Å². The average Bonchev–Trinajstić information content (AvgIpc) is 3.12. The van der Waals surface area contributed by atoms with Crippen LogP contribution < -0.4 is 9.47 Å². The molecule has 0 bridgehead atoms. The molecule has 0 spiro atoms. The number of carbonyl (C=O) groups is 2. The van der Waals surface area contributed by atoms with Gasteiger partial charge in [0.1, 0.15) is 6.61 Å². The van der Waals surface area contributed by atoms with E-state index in [4.69, 9.17) is 9.47 Å². The monoisotopic (exact) mass is 488 g/mol. The summed E-state index contributed by atoms with van der Waals surface area (Å²) in [6.07, 6.45) is 1.78. The van der Waals surface area contributed by atoms with E-state index in [0.29, 0.717) is 40.5 Å². The van der Waals surface area contributed by atoms with Crippen molar-refractivity contribution in [1.82, 2.24) is 4.90 Å². The van der Waals surface area contributed by atoms with E-state index >= 15 is 0 Å². The van der Waals surface area contributed by atoms with Gasteiger partial charge < -0.3 is 14.6 Å². The summed E-state index contributed by atoms with van der Waals surface area (Å²) < 4.78 is 11.7. The highest BCUT2D eigenvalue weighted by Gasteiger charge is 2.30. The first-order valence-electron chi connectivity index (χ1n) is 11.0. The number of rotatable bonds is 8. The molecule has 0 radical (unpaired) electrons. The highest BCUT2D eigenvalue weighted by atomic mass is 32.2. The zero-order chi connectivity index (χ0) is 24.8. The van der Waals surface area contributed by atoms with E-state index < -0.39 is 5.97 Å². The van der Waals surface area contributed by atoms with Crippen LogP contribution in [0.4, 0.5) is 5.69 Å². The second-order valence-electron chi connectivity index (χ2n) is 7.64. The number of amidine groups is 1. The maximum Gasteiger partial charge on any atom is 0.335 e. The van der Waals surface area contributed by atoms with Gasteiger partial charge in [-0.1, -0.05) is 42.5 Å². The summed E-state index contributed by atoms with van der Waals surface area (Å²) in [5, 5.41) is 9.66. The summed E-state index contributed by atoms with van der Waals surface area (Å²) >= 11 is 1.23. The molecular weight excluding hydrogens is 464 g/mol. The van der Waals surface area contributed by atoms with Crippen molar-refractivity contribution in [3.63, 3.8) is 0 Å². The normalized spacial score (nSPS) is 15.6. The topological polar surface area (TPSA) is 88.4 Å². The molecule has 1 aliphatic heterocycles. The molecule has 8 heteroatoms. The van der Waals surface area contributed by atoms with Gasteiger partial charge in [0.2, 0.25) is 0 Å². The molecular formula is C27H24N2O5S. The number of ether oxygens (including phenoxy) is 2. The molecule has 3 aromatic rings. The second kappa shape index (κ2) is 10.9. The number of carboxylic acids is 1. The van der Waals surface area contributed by atoms with Crippen LogP contribution in [0.1, 0.15) is 28.4 Å². The highest BCUT2D eigenvalue weighted by molar-refractivity contribution is 8.18. The highest BCUT2D eigenvalue weighted by Crippen LogP contribution is 2.35. The Bertz CT molecular complexity index is 1300. The van der Waals surface area contributed by atoms with Gasteiger partial charge in [0, 0.05) is 7.05 Å². The van der Waals surface area contributed by atoms with E-state index in [2.05, 4.69) is 4.99 Å². The Morgan fingerprint density at radius 2 is 1.83 bits per heavy atom. The molecule has 1 N–H and O–H groups in total. The van der Waals surface area contributed by atoms with Crippen molar-refractivity contribution in [2.24, 2.45) is 4.99 Å². The first-order valence-corrected chi connectivity index (χ1v) is 11.8. The van der Waals surface area contributed by atoms with Gasteiger partial charge in [-0.25, -0.2) is 9.79 Å². The van der Waals surface area contributed by atoms with Crippen molar-refractivity contribution in [3.8, 4) is 11.5 Å². The lowest BCUT2D eigenvalue weighted by atomic mass is 10.1. The molecule has 1 fully saturated rings. The number of carboxylic acid groups (broad SMARTS) is 1. The van der Waals surface area contributed by atoms with Gasteiger partial charge in [0.05, 0.1) is 22.8 Å². The van der Waals surface area contributed by atoms with E-state index in [9.17, 15) is 14.7 Å². The van der Waals surface area contributed by atoms with Gasteiger partial charge in [-0.2, -0.15) is 0 Å². The zero-order valence-corrected chi connectivity index (χ0v) is 20.1. The van der Waals surface area contributed by atoms with Crippen molar-refractivity contribution in [2.45, 2.75) is 13.5 Å². The molecule has 178 valence electrons. The fourth-order valence-electron chi connectivity index (χ4n) is 3.36. The minimum atomic E-state index is -1.03. The van der Waals surface area contributed by atoms with Crippen LogP contribution in [0.5, 0.6) is 11.5 Å². The second-order valence-corrected chi connectivity index (χ2v) is 8.65. The van der Waals surface area contributed by atoms with Crippen LogP contribution in [0.25, 0.3) is 6.08 Å². The molecule has 0 atom stereocenters. The number of amides is 1. The molecule has 0 saturated carbocycles. The van der Waals surface area contributed by atoms with Crippen LogP contribution in [0.3, 0.4) is 0 Å². The molecule has 1 saturated heterocycles. The van der Waals surface area contributed by atoms with Crippen molar-refractivity contribution in [1.29, 1.82) is 0 Å². The number of carbonyl (C=O) groups excluding carboxylic acids is 1. The molecule has 3 aromatic carbocycles. The Labute approximate surface area is 207 Å². The average molecular weight is 489 g/mol. The standard InChI is InChI=1S/C27H24N2O5S/c1-3-33-23-14-19(12-13-22(23)34-17-18-8-5-4-6-9-18)15-24-25(30)29(2)27(35-24)28-21-11-7-10-20(16-21)26(31)32/h4-16H,3,17H2,1-2H3,(H,31,32). The number of thioether (sulfide) groups is 1.